The van der Waals surface area contributed by atoms with Gasteiger partial charge >= 0.3 is 0 Å². The van der Waals surface area contributed by atoms with E-state index >= 15 is 0 Å². The lowest BCUT2D eigenvalue weighted by atomic mass is 10.1. The Morgan fingerprint density at radius 2 is 2.23 bits per heavy atom. The van der Waals surface area contributed by atoms with Crippen molar-refractivity contribution in [3.05, 3.63) is 27.2 Å². The molecule has 0 spiro atoms. The van der Waals surface area contributed by atoms with Crippen LogP contribution in [0.4, 0.5) is 4.39 Å². The Labute approximate surface area is 88.6 Å². The first-order valence-corrected chi connectivity index (χ1v) is 4.73. The number of alkyl halides is 1. The molecule has 0 aliphatic rings. The second-order valence-corrected chi connectivity index (χ2v) is 3.81. The van der Waals surface area contributed by atoms with Crippen LogP contribution in [0.15, 0.2) is 16.6 Å². The molecule has 0 heterocycles. The summed E-state index contributed by atoms with van der Waals surface area (Å²) in [6.45, 7) is -0.760. The standard InChI is InChI=1S/C8H8BrClFNO/c9-4-1-2-5(10)7(8(4)13)6(12)3-11/h1-2,6,13H,3,12H2/t6-/m0/s1. The van der Waals surface area contributed by atoms with Gasteiger partial charge < -0.3 is 10.8 Å². The molecule has 0 bridgehead atoms. The molecule has 0 amide bonds. The van der Waals surface area contributed by atoms with Gasteiger partial charge in [-0.1, -0.05) is 11.6 Å². The maximum Gasteiger partial charge on any atom is 0.136 e. The van der Waals surface area contributed by atoms with Gasteiger partial charge in [0.1, 0.15) is 12.4 Å². The second-order valence-electron chi connectivity index (χ2n) is 2.55. The smallest absolute Gasteiger partial charge is 0.136 e. The minimum atomic E-state index is -0.884. The average molecular weight is 269 g/mol. The highest BCUT2D eigenvalue weighted by Gasteiger charge is 2.16. The molecule has 0 saturated carbocycles. The molecule has 0 aromatic heterocycles. The summed E-state index contributed by atoms with van der Waals surface area (Å²) in [4.78, 5) is 0. The summed E-state index contributed by atoms with van der Waals surface area (Å²) in [6.07, 6.45) is 0. The highest BCUT2D eigenvalue weighted by atomic mass is 79.9. The van der Waals surface area contributed by atoms with Crippen LogP contribution in [0, 0.1) is 0 Å². The van der Waals surface area contributed by atoms with Gasteiger partial charge in [0.25, 0.3) is 0 Å². The van der Waals surface area contributed by atoms with Crippen molar-refractivity contribution in [2.45, 2.75) is 6.04 Å². The van der Waals surface area contributed by atoms with Gasteiger partial charge in [-0.25, -0.2) is 4.39 Å². The number of phenols is 1. The van der Waals surface area contributed by atoms with Crippen LogP contribution in [0.25, 0.3) is 0 Å². The largest absolute Gasteiger partial charge is 0.506 e. The number of hydrogen-bond donors (Lipinski definition) is 2. The summed E-state index contributed by atoms with van der Waals surface area (Å²) in [5, 5.41) is 9.77. The zero-order valence-corrected chi connectivity index (χ0v) is 8.94. The zero-order valence-electron chi connectivity index (χ0n) is 6.60. The van der Waals surface area contributed by atoms with Crippen LogP contribution in [0.3, 0.4) is 0 Å². The number of nitrogens with two attached hydrogens (primary N) is 1. The van der Waals surface area contributed by atoms with Gasteiger partial charge in [-0.2, -0.15) is 0 Å². The van der Waals surface area contributed by atoms with Crippen molar-refractivity contribution in [1.29, 1.82) is 0 Å². The van der Waals surface area contributed by atoms with Crippen molar-refractivity contribution >= 4 is 27.5 Å². The van der Waals surface area contributed by atoms with E-state index in [0.717, 1.165) is 0 Å². The summed E-state index contributed by atoms with van der Waals surface area (Å²) < 4.78 is 12.7. The van der Waals surface area contributed by atoms with Gasteiger partial charge in [0.2, 0.25) is 0 Å². The van der Waals surface area contributed by atoms with Crippen LogP contribution in [-0.2, 0) is 0 Å². The summed E-state index contributed by atoms with van der Waals surface area (Å²) in [7, 11) is 0. The Hall–Kier alpha value is -0.320. The van der Waals surface area contributed by atoms with Crippen LogP contribution in [0.2, 0.25) is 5.02 Å². The van der Waals surface area contributed by atoms with E-state index in [1.165, 1.54) is 0 Å². The molecule has 0 fully saturated rings. The van der Waals surface area contributed by atoms with Crippen LogP contribution in [0.1, 0.15) is 11.6 Å². The predicted molar refractivity (Wildman–Crippen MR) is 53.7 cm³/mol. The topological polar surface area (TPSA) is 46.2 Å². The quantitative estimate of drug-likeness (QED) is 0.866. The minimum absolute atomic E-state index is 0.0994. The van der Waals surface area contributed by atoms with E-state index in [1.807, 2.05) is 0 Å². The molecule has 0 unspecified atom stereocenters. The number of aromatic hydroxyl groups is 1. The second kappa shape index (κ2) is 4.26. The number of halogens is 3. The third-order valence-electron chi connectivity index (χ3n) is 1.65. The van der Waals surface area contributed by atoms with E-state index in [0.29, 0.717) is 4.47 Å². The Bertz CT molecular complexity index is 321. The van der Waals surface area contributed by atoms with Crippen molar-refractivity contribution in [3.8, 4) is 5.75 Å². The Morgan fingerprint density at radius 1 is 1.62 bits per heavy atom. The summed E-state index contributed by atoms with van der Waals surface area (Å²) in [6, 6.07) is 2.24. The fourth-order valence-corrected chi connectivity index (χ4v) is 1.63. The van der Waals surface area contributed by atoms with Crippen molar-refractivity contribution < 1.29 is 9.50 Å². The molecule has 1 rings (SSSR count). The average Bonchev–Trinajstić information content (AvgIpc) is 2.12. The molecule has 72 valence electrons. The normalized spacial score (nSPS) is 12.9. The van der Waals surface area contributed by atoms with E-state index in [9.17, 15) is 9.50 Å². The molecule has 1 aromatic carbocycles. The third kappa shape index (κ3) is 2.13. The van der Waals surface area contributed by atoms with Crippen LogP contribution < -0.4 is 5.73 Å². The van der Waals surface area contributed by atoms with Crippen molar-refractivity contribution in [2.24, 2.45) is 5.73 Å². The Kier molecular flexibility index (Phi) is 3.53. The van der Waals surface area contributed by atoms with Crippen LogP contribution >= 0.6 is 27.5 Å². The number of rotatable bonds is 2. The molecular weight excluding hydrogens is 260 g/mol. The molecule has 1 aromatic rings. The van der Waals surface area contributed by atoms with E-state index in [-0.39, 0.29) is 16.3 Å². The lowest BCUT2D eigenvalue weighted by Crippen LogP contribution is -2.13. The maximum absolute atomic E-state index is 12.3. The summed E-state index contributed by atoms with van der Waals surface area (Å²) >= 11 is 8.84. The van der Waals surface area contributed by atoms with E-state index in [2.05, 4.69) is 15.9 Å². The van der Waals surface area contributed by atoms with Gasteiger partial charge in [-0.3, -0.25) is 0 Å². The molecule has 5 heteroatoms. The first kappa shape index (κ1) is 10.8. The molecule has 0 aliphatic heterocycles. The first-order chi connectivity index (χ1) is 6.07. The third-order valence-corrected chi connectivity index (χ3v) is 2.62. The SMILES string of the molecule is N[C@@H](CF)c1c(Cl)ccc(Br)c1O. The monoisotopic (exact) mass is 267 g/mol. The lowest BCUT2D eigenvalue weighted by Gasteiger charge is -2.12. The first-order valence-electron chi connectivity index (χ1n) is 3.56. The van der Waals surface area contributed by atoms with Crippen molar-refractivity contribution in [1.82, 2.24) is 0 Å². The number of hydrogen-bond acceptors (Lipinski definition) is 2. The predicted octanol–water partition coefficient (Wildman–Crippen LogP) is 2.78. The molecule has 0 radical (unpaired) electrons. The van der Waals surface area contributed by atoms with E-state index in [1.54, 1.807) is 12.1 Å². The minimum Gasteiger partial charge on any atom is -0.506 e. The summed E-state index contributed by atoms with van der Waals surface area (Å²) in [5.41, 5.74) is 5.66. The van der Waals surface area contributed by atoms with Gasteiger partial charge in [-0.05, 0) is 28.1 Å². The number of benzene rings is 1. The highest BCUT2D eigenvalue weighted by molar-refractivity contribution is 9.10. The van der Waals surface area contributed by atoms with E-state index in [4.69, 9.17) is 17.3 Å². The fourth-order valence-electron chi connectivity index (χ4n) is 0.987. The van der Waals surface area contributed by atoms with Crippen molar-refractivity contribution in [3.63, 3.8) is 0 Å². The van der Waals surface area contributed by atoms with Gasteiger partial charge in [0, 0.05) is 10.6 Å². The lowest BCUT2D eigenvalue weighted by molar-refractivity contribution is 0.413. The molecule has 3 N–H and O–H groups in total. The maximum atomic E-state index is 12.3. The fraction of sp³-hybridized carbons (Fsp3) is 0.250. The number of phenolic OH excluding ortho intramolecular Hbond substituents is 1. The summed E-state index contributed by atoms with van der Waals surface area (Å²) in [5.74, 6) is -0.0994. The zero-order chi connectivity index (χ0) is 10.0. The molecule has 13 heavy (non-hydrogen) atoms. The molecule has 1 atom stereocenters. The van der Waals surface area contributed by atoms with Gasteiger partial charge in [-0.15, -0.1) is 0 Å². The molecule has 0 aliphatic carbocycles. The molecule has 0 saturated heterocycles. The van der Waals surface area contributed by atoms with E-state index < -0.39 is 12.7 Å². The molecule has 2 nitrogen and oxygen atoms in total. The molecular formula is C8H8BrClFNO. The van der Waals surface area contributed by atoms with Crippen LogP contribution in [-0.4, -0.2) is 11.8 Å². The van der Waals surface area contributed by atoms with Crippen LogP contribution in [0.5, 0.6) is 5.75 Å². The highest BCUT2D eigenvalue weighted by Crippen LogP contribution is 2.36. The Balaban J connectivity index is 3.25. The van der Waals surface area contributed by atoms with Gasteiger partial charge in [0.15, 0.2) is 0 Å². The van der Waals surface area contributed by atoms with Gasteiger partial charge in [0.05, 0.1) is 10.5 Å². The Morgan fingerprint density at radius 3 is 2.77 bits per heavy atom. The van der Waals surface area contributed by atoms with Crippen molar-refractivity contribution in [2.75, 3.05) is 6.67 Å².